The van der Waals surface area contributed by atoms with Crippen LogP contribution >= 0.6 is 0 Å². The van der Waals surface area contributed by atoms with E-state index in [0.29, 0.717) is 36.0 Å². The SMILES string of the molecule is CCC1CCC2(CC1)NC(=O)N(CC(=O)NCC(O)COc1c(OC)cccc1OC)C2=O. The van der Waals surface area contributed by atoms with Crippen molar-refractivity contribution in [2.24, 2.45) is 5.92 Å². The van der Waals surface area contributed by atoms with Gasteiger partial charge in [0.05, 0.1) is 14.2 Å². The Bertz CT molecular complexity index is 845. The van der Waals surface area contributed by atoms with Gasteiger partial charge in [-0.05, 0) is 43.7 Å². The second-order valence-corrected chi connectivity index (χ2v) is 8.52. The highest BCUT2D eigenvalue weighted by molar-refractivity contribution is 6.09. The minimum Gasteiger partial charge on any atom is -0.493 e. The molecule has 1 spiro atoms. The molecule has 1 saturated carbocycles. The summed E-state index contributed by atoms with van der Waals surface area (Å²) in [6, 6.07) is 4.60. The topological polar surface area (TPSA) is 126 Å². The number of hydrogen-bond acceptors (Lipinski definition) is 7. The average Bonchev–Trinajstić information content (AvgIpc) is 3.05. The van der Waals surface area contributed by atoms with E-state index in [-0.39, 0.29) is 19.1 Å². The van der Waals surface area contributed by atoms with E-state index in [1.165, 1.54) is 14.2 Å². The van der Waals surface area contributed by atoms with Gasteiger partial charge in [0.2, 0.25) is 11.7 Å². The van der Waals surface area contributed by atoms with Crippen LogP contribution in [0.1, 0.15) is 39.0 Å². The van der Waals surface area contributed by atoms with Gasteiger partial charge in [0, 0.05) is 6.54 Å². The predicted molar refractivity (Wildman–Crippen MR) is 119 cm³/mol. The van der Waals surface area contributed by atoms with Crippen LogP contribution in [-0.2, 0) is 9.59 Å². The van der Waals surface area contributed by atoms with E-state index in [0.717, 1.165) is 24.2 Å². The summed E-state index contributed by atoms with van der Waals surface area (Å²) in [6.07, 6.45) is 2.98. The van der Waals surface area contributed by atoms with Gasteiger partial charge in [0.25, 0.3) is 5.91 Å². The fourth-order valence-electron chi connectivity index (χ4n) is 4.37. The molecule has 0 aromatic heterocycles. The highest BCUT2D eigenvalue weighted by Crippen LogP contribution is 2.38. The Balaban J connectivity index is 1.48. The van der Waals surface area contributed by atoms with Crippen LogP contribution in [-0.4, -0.2) is 73.4 Å². The molecule has 0 radical (unpaired) electrons. The average molecular weight is 464 g/mol. The Kier molecular flexibility index (Phi) is 8.01. The molecule has 10 heteroatoms. The van der Waals surface area contributed by atoms with Crippen LogP contribution in [0.2, 0.25) is 0 Å². The number of aliphatic hydroxyl groups excluding tert-OH is 1. The number of carbonyl (C=O) groups excluding carboxylic acids is 3. The number of aliphatic hydroxyl groups is 1. The number of urea groups is 1. The van der Waals surface area contributed by atoms with Crippen molar-refractivity contribution in [1.82, 2.24) is 15.5 Å². The van der Waals surface area contributed by atoms with E-state index >= 15 is 0 Å². The zero-order chi connectivity index (χ0) is 24.0. The molecule has 10 nitrogen and oxygen atoms in total. The summed E-state index contributed by atoms with van der Waals surface area (Å²) in [5, 5.41) is 15.6. The van der Waals surface area contributed by atoms with Gasteiger partial charge in [0.1, 0.15) is 24.8 Å². The maximum Gasteiger partial charge on any atom is 0.325 e. The summed E-state index contributed by atoms with van der Waals surface area (Å²) in [4.78, 5) is 38.6. The molecule has 1 aromatic carbocycles. The molecule has 1 aliphatic carbocycles. The molecule has 1 aliphatic heterocycles. The first kappa shape index (κ1) is 24.6. The van der Waals surface area contributed by atoms with Crippen molar-refractivity contribution in [1.29, 1.82) is 0 Å². The molecule has 1 aromatic rings. The molecule has 1 atom stereocenters. The Morgan fingerprint density at radius 1 is 1.24 bits per heavy atom. The second-order valence-electron chi connectivity index (χ2n) is 8.52. The monoisotopic (exact) mass is 463 g/mol. The lowest BCUT2D eigenvalue weighted by Gasteiger charge is -2.34. The van der Waals surface area contributed by atoms with Crippen LogP contribution in [0, 0.1) is 5.92 Å². The van der Waals surface area contributed by atoms with Gasteiger partial charge in [-0.15, -0.1) is 0 Å². The maximum absolute atomic E-state index is 12.9. The minimum atomic E-state index is -1.03. The molecule has 2 fully saturated rings. The number of benzene rings is 1. The van der Waals surface area contributed by atoms with Crippen LogP contribution in [0.5, 0.6) is 17.2 Å². The van der Waals surface area contributed by atoms with Crippen LogP contribution in [0.3, 0.4) is 0 Å². The van der Waals surface area contributed by atoms with Crippen molar-refractivity contribution in [3.8, 4) is 17.2 Å². The number of para-hydroxylation sites is 1. The normalized spacial score (nSPS) is 23.3. The van der Waals surface area contributed by atoms with Crippen LogP contribution in [0.4, 0.5) is 4.79 Å². The van der Waals surface area contributed by atoms with Gasteiger partial charge in [-0.3, -0.25) is 14.5 Å². The van der Waals surface area contributed by atoms with Crippen molar-refractivity contribution in [3.63, 3.8) is 0 Å². The number of nitrogens with zero attached hydrogens (tertiary/aromatic N) is 1. The van der Waals surface area contributed by atoms with Crippen molar-refractivity contribution < 1.29 is 33.7 Å². The molecule has 0 bridgehead atoms. The third-order valence-corrected chi connectivity index (χ3v) is 6.42. The van der Waals surface area contributed by atoms with Crippen molar-refractivity contribution in [3.05, 3.63) is 18.2 Å². The van der Waals surface area contributed by atoms with Gasteiger partial charge in [-0.2, -0.15) is 0 Å². The highest BCUT2D eigenvalue weighted by atomic mass is 16.5. The molecule has 1 saturated heterocycles. The first-order valence-corrected chi connectivity index (χ1v) is 11.3. The summed E-state index contributed by atoms with van der Waals surface area (Å²) in [5.41, 5.74) is -0.885. The molecule has 3 N–H and O–H groups in total. The van der Waals surface area contributed by atoms with Crippen molar-refractivity contribution in [2.45, 2.75) is 50.7 Å². The van der Waals surface area contributed by atoms with Crippen LogP contribution in [0.25, 0.3) is 0 Å². The Labute approximate surface area is 193 Å². The smallest absolute Gasteiger partial charge is 0.325 e. The van der Waals surface area contributed by atoms with E-state index in [4.69, 9.17) is 14.2 Å². The number of carbonyl (C=O) groups is 3. The van der Waals surface area contributed by atoms with E-state index in [1.807, 2.05) is 0 Å². The number of nitrogens with one attached hydrogen (secondary N) is 2. The van der Waals surface area contributed by atoms with E-state index < -0.39 is 30.1 Å². The lowest BCUT2D eigenvalue weighted by molar-refractivity contribution is -0.136. The van der Waals surface area contributed by atoms with Crippen LogP contribution < -0.4 is 24.8 Å². The van der Waals surface area contributed by atoms with Gasteiger partial charge < -0.3 is 30.0 Å². The molecule has 4 amide bonds. The summed E-state index contributed by atoms with van der Waals surface area (Å²) >= 11 is 0. The van der Waals surface area contributed by atoms with Crippen molar-refractivity contribution >= 4 is 17.8 Å². The lowest BCUT2D eigenvalue weighted by atomic mass is 9.75. The standard InChI is InChI=1S/C23H33N3O7/c1-4-15-8-10-23(11-9-15)21(29)26(22(30)25-23)13-19(28)24-12-16(27)14-33-20-17(31-2)6-5-7-18(20)32-3/h5-7,15-16,27H,4,8-14H2,1-3H3,(H,24,28)(H,25,30). The Morgan fingerprint density at radius 2 is 1.88 bits per heavy atom. The number of amides is 4. The molecular weight excluding hydrogens is 430 g/mol. The minimum absolute atomic E-state index is 0.108. The largest absolute Gasteiger partial charge is 0.493 e. The summed E-state index contributed by atoms with van der Waals surface area (Å²) in [5.74, 6) is 0.931. The molecule has 3 rings (SSSR count). The van der Waals surface area contributed by atoms with E-state index in [2.05, 4.69) is 17.6 Å². The number of methoxy groups -OCH3 is 2. The first-order valence-electron chi connectivity index (χ1n) is 11.3. The third-order valence-electron chi connectivity index (χ3n) is 6.42. The second kappa shape index (κ2) is 10.7. The predicted octanol–water partition coefficient (Wildman–Crippen LogP) is 1.45. The number of ether oxygens (including phenoxy) is 3. The molecular formula is C23H33N3O7. The van der Waals surface area contributed by atoms with Gasteiger partial charge in [-0.1, -0.05) is 19.4 Å². The fourth-order valence-corrected chi connectivity index (χ4v) is 4.37. The van der Waals surface area contributed by atoms with E-state index in [9.17, 15) is 19.5 Å². The number of hydrogen-bond donors (Lipinski definition) is 3. The summed E-state index contributed by atoms with van der Waals surface area (Å²) in [6.45, 7) is 1.50. The maximum atomic E-state index is 12.9. The first-order chi connectivity index (χ1) is 15.8. The quantitative estimate of drug-likeness (QED) is 0.448. The summed E-state index contributed by atoms with van der Waals surface area (Å²) in [7, 11) is 2.99. The van der Waals surface area contributed by atoms with E-state index in [1.54, 1.807) is 18.2 Å². The molecule has 1 unspecified atom stereocenters. The fraction of sp³-hybridized carbons (Fsp3) is 0.609. The number of rotatable bonds is 10. The van der Waals surface area contributed by atoms with Crippen LogP contribution in [0.15, 0.2) is 18.2 Å². The van der Waals surface area contributed by atoms with Gasteiger partial charge >= 0.3 is 6.03 Å². The zero-order valence-corrected chi connectivity index (χ0v) is 19.4. The molecule has 1 heterocycles. The molecule has 2 aliphatic rings. The highest BCUT2D eigenvalue weighted by Gasteiger charge is 2.52. The number of imide groups is 1. The van der Waals surface area contributed by atoms with Gasteiger partial charge in [-0.25, -0.2) is 4.79 Å². The Hall–Kier alpha value is -3.01. The molecule has 182 valence electrons. The third kappa shape index (κ3) is 5.50. The van der Waals surface area contributed by atoms with Crippen molar-refractivity contribution in [2.75, 3.05) is 33.9 Å². The summed E-state index contributed by atoms with van der Waals surface area (Å²) < 4.78 is 16.1. The molecule has 33 heavy (non-hydrogen) atoms. The van der Waals surface area contributed by atoms with Gasteiger partial charge in [0.15, 0.2) is 11.5 Å². The zero-order valence-electron chi connectivity index (χ0n) is 19.4. The Morgan fingerprint density at radius 3 is 2.45 bits per heavy atom. The lowest BCUT2D eigenvalue weighted by Crippen LogP contribution is -2.50.